The van der Waals surface area contributed by atoms with Gasteiger partial charge in [-0.15, -0.1) is 0 Å². The van der Waals surface area contributed by atoms with Crippen LogP contribution in [-0.4, -0.2) is 9.97 Å². The molecule has 0 saturated heterocycles. The molecular weight excluding hydrogens is 297 g/mol. The second-order valence-electron chi connectivity index (χ2n) is 4.18. The van der Waals surface area contributed by atoms with Crippen LogP contribution < -0.4 is 16.6 Å². The molecule has 106 valence electrons. The number of nitrogens with zero attached hydrogens (tertiary/aromatic N) is 2. The van der Waals surface area contributed by atoms with Crippen LogP contribution in [0.25, 0.3) is 0 Å². The number of hydrazine groups is 1. The van der Waals surface area contributed by atoms with E-state index in [1.165, 1.54) is 0 Å². The summed E-state index contributed by atoms with van der Waals surface area (Å²) >= 11 is 12.1. The molecule has 0 saturated carbocycles. The first-order chi connectivity index (χ1) is 9.63. The number of aryl methyl sites for hydroxylation is 1. The van der Waals surface area contributed by atoms with E-state index in [2.05, 4.69) is 27.6 Å². The van der Waals surface area contributed by atoms with Gasteiger partial charge in [0.2, 0.25) is 0 Å². The smallest absolute Gasteiger partial charge is 0.145 e. The zero-order valence-electron chi connectivity index (χ0n) is 11.0. The van der Waals surface area contributed by atoms with Gasteiger partial charge in [0.25, 0.3) is 0 Å². The first kappa shape index (κ1) is 14.8. The molecule has 2 rings (SSSR count). The summed E-state index contributed by atoms with van der Waals surface area (Å²) in [6, 6.07) is 7.07. The Kier molecular flexibility index (Phi) is 5.00. The van der Waals surface area contributed by atoms with Gasteiger partial charge >= 0.3 is 0 Å². The fourth-order valence-corrected chi connectivity index (χ4v) is 2.06. The molecule has 20 heavy (non-hydrogen) atoms. The van der Waals surface area contributed by atoms with Crippen molar-refractivity contribution in [2.45, 2.75) is 19.8 Å². The van der Waals surface area contributed by atoms with Gasteiger partial charge < -0.3 is 10.7 Å². The van der Waals surface area contributed by atoms with E-state index in [1.54, 1.807) is 12.1 Å². The van der Waals surface area contributed by atoms with Gasteiger partial charge in [-0.1, -0.05) is 36.2 Å². The highest BCUT2D eigenvalue weighted by Crippen LogP contribution is 2.31. The molecule has 0 spiro atoms. The Hall–Kier alpha value is -1.56. The van der Waals surface area contributed by atoms with Crippen molar-refractivity contribution in [1.29, 1.82) is 0 Å². The van der Waals surface area contributed by atoms with E-state index in [0.29, 0.717) is 33.2 Å². The highest BCUT2D eigenvalue weighted by atomic mass is 35.5. The first-order valence-corrected chi connectivity index (χ1v) is 6.95. The predicted molar refractivity (Wildman–Crippen MR) is 83.6 cm³/mol. The maximum Gasteiger partial charge on any atom is 0.145 e. The monoisotopic (exact) mass is 311 g/mol. The quantitative estimate of drug-likeness (QED) is 0.579. The first-order valence-electron chi connectivity index (χ1n) is 6.19. The zero-order chi connectivity index (χ0) is 14.5. The number of halogens is 2. The Labute approximate surface area is 127 Å². The molecule has 0 fully saturated rings. The summed E-state index contributed by atoms with van der Waals surface area (Å²) in [6.45, 7) is 2.06. The third-order valence-electron chi connectivity index (χ3n) is 2.61. The van der Waals surface area contributed by atoms with Crippen LogP contribution in [0, 0.1) is 0 Å². The minimum atomic E-state index is 0.451. The minimum absolute atomic E-state index is 0.451. The number of benzene rings is 1. The number of hydrogen-bond acceptors (Lipinski definition) is 5. The number of nitrogens with two attached hydrogens (primary N) is 1. The van der Waals surface area contributed by atoms with Crippen molar-refractivity contribution in [3.05, 3.63) is 40.1 Å². The third kappa shape index (κ3) is 3.50. The van der Waals surface area contributed by atoms with Crippen LogP contribution in [-0.2, 0) is 6.42 Å². The van der Waals surface area contributed by atoms with Gasteiger partial charge in [0, 0.05) is 12.5 Å². The van der Waals surface area contributed by atoms with Crippen molar-refractivity contribution in [2.24, 2.45) is 5.84 Å². The molecule has 0 aliphatic carbocycles. The van der Waals surface area contributed by atoms with Gasteiger partial charge in [-0.3, -0.25) is 0 Å². The molecule has 1 heterocycles. The topological polar surface area (TPSA) is 75.9 Å². The molecule has 0 aliphatic heterocycles. The molecule has 0 radical (unpaired) electrons. The van der Waals surface area contributed by atoms with Crippen molar-refractivity contribution < 1.29 is 0 Å². The number of rotatable bonds is 5. The van der Waals surface area contributed by atoms with E-state index in [9.17, 15) is 0 Å². The van der Waals surface area contributed by atoms with Crippen LogP contribution in [0.3, 0.4) is 0 Å². The van der Waals surface area contributed by atoms with Crippen LogP contribution in [0.1, 0.15) is 19.2 Å². The van der Waals surface area contributed by atoms with Gasteiger partial charge in [-0.2, -0.15) is 0 Å². The normalized spacial score (nSPS) is 10.4. The molecule has 1 aromatic carbocycles. The molecule has 0 amide bonds. The fourth-order valence-electron chi connectivity index (χ4n) is 1.71. The Balaban J connectivity index is 2.32. The van der Waals surface area contributed by atoms with E-state index in [-0.39, 0.29) is 0 Å². The lowest BCUT2D eigenvalue weighted by molar-refractivity contribution is 0.837. The van der Waals surface area contributed by atoms with E-state index >= 15 is 0 Å². The SMILES string of the molecule is CCCc1nc(NN)cc(Nc2cccc(Cl)c2Cl)n1. The lowest BCUT2D eigenvalue weighted by atomic mass is 10.3. The van der Waals surface area contributed by atoms with Crippen molar-refractivity contribution in [3.8, 4) is 0 Å². The van der Waals surface area contributed by atoms with Gasteiger partial charge in [-0.05, 0) is 18.6 Å². The zero-order valence-corrected chi connectivity index (χ0v) is 12.5. The summed E-state index contributed by atoms with van der Waals surface area (Å²) in [7, 11) is 0. The third-order valence-corrected chi connectivity index (χ3v) is 3.43. The largest absolute Gasteiger partial charge is 0.339 e. The highest BCUT2D eigenvalue weighted by molar-refractivity contribution is 6.43. The summed E-state index contributed by atoms with van der Waals surface area (Å²) in [6.07, 6.45) is 1.72. The molecule has 0 bridgehead atoms. The summed E-state index contributed by atoms with van der Waals surface area (Å²) in [5.41, 5.74) is 3.21. The molecule has 1 aromatic heterocycles. The maximum absolute atomic E-state index is 6.14. The highest BCUT2D eigenvalue weighted by Gasteiger charge is 2.08. The van der Waals surface area contributed by atoms with Crippen LogP contribution in [0.15, 0.2) is 24.3 Å². The Morgan fingerprint density at radius 1 is 1.20 bits per heavy atom. The molecule has 5 nitrogen and oxygen atoms in total. The minimum Gasteiger partial charge on any atom is -0.339 e. The summed E-state index contributed by atoms with van der Waals surface area (Å²) in [5.74, 6) is 7.28. The summed E-state index contributed by atoms with van der Waals surface area (Å²) in [4.78, 5) is 8.69. The number of nitrogen functional groups attached to an aromatic ring is 1. The second kappa shape index (κ2) is 6.74. The Bertz CT molecular complexity index is 603. The van der Waals surface area contributed by atoms with Crippen LogP contribution in [0.5, 0.6) is 0 Å². The van der Waals surface area contributed by atoms with Crippen molar-refractivity contribution in [3.63, 3.8) is 0 Å². The number of anilines is 3. The van der Waals surface area contributed by atoms with Crippen LogP contribution in [0.4, 0.5) is 17.3 Å². The van der Waals surface area contributed by atoms with Crippen LogP contribution in [0.2, 0.25) is 10.0 Å². The fraction of sp³-hybridized carbons (Fsp3) is 0.231. The van der Waals surface area contributed by atoms with E-state index < -0.39 is 0 Å². The van der Waals surface area contributed by atoms with Gasteiger partial charge in [0.1, 0.15) is 17.5 Å². The second-order valence-corrected chi connectivity index (χ2v) is 4.96. The van der Waals surface area contributed by atoms with Gasteiger partial charge in [-0.25, -0.2) is 15.8 Å². The van der Waals surface area contributed by atoms with E-state index in [4.69, 9.17) is 29.0 Å². The van der Waals surface area contributed by atoms with Crippen molar-refractivity contribution in [2.75, 3.05) is 10.7 Å². The average molecular weight is 312 g/mol. The standard InChI is InChI=1S/C13H15Cl2N5/c1-2-4-10-18-11(7-12(19-10)20-16)17-9-6-3-5-8(14)13(9)15/h3,5-7H,2,4,16H2,1H3,(H2,17,18,19,20). The number of nitrogens with one attached hydrogen (secondary N) is 2. The maximum atomic E-state index is 6.14. The van der Waals surface area contributed by atoms with E-state index in [0.717, 1.165) is 12.8 Å². The van der Waals surface area contributed by atoms with Gasteiger partial charge in [0.05, 0.1) is 15.7 Å². The van der Waals surface area contributed by atoms with Gasteiger partial charge in [0.15, 0.2) is 0 Å². The molecule has 0 atom stereocenters. The number of hydrogen-bond donors (Lipinski definition) is 3. The molecule has 0 aliphatic rings. The molecule has 2 aromatic rings. The molecule has 7 heteroatoms. The van der Waals surface area contributed by atoms with Crippen LogP contribution >= 0.6 is 23.2 Å². The molecule has 4 N–H and O–H groups in total. The molecular formula is C13H15Cl2N5. The predicted octanol–water partition coefficient (Wildman–Crippen LogP) is 3.77. The van der Waals surface area contributed by atoms with Crippen molar-refractivity contribution >= 4 is 40.5 Å². The Morgan fingerprint density at radius 3 is 2.65 bits per heavy atom. The Morgan fingerprint density at radius 2 is 1.95 bits per heavy atom. The lowest BCUT2D eigenvalue weighted by Gasteiger charge is -2.11. The summed E-state index contributed by atoms with van der Waals surface area (Å²) < 4.78 is 0. The summed E-state index contributed by atoms with van der Waals surface area (Å²) in [5, 5.41) is 4.06. The van der Waals surface area contributed by atoms with Crippen molar-refractivity contribution in [1.82, 2.24) is 9.97 Å². The molecule has 0 unspecified atom stereocenters. The number of aromatic nitrogens is 2. The van der Waals surface area contributed by atoms with E-state index in [1.807, 2.05) is 12.1 Å². The lowest BCUT2D eigenvalue weighted by Crippen LogP contribution is -2.11. The average Bonchev–Trinajstić information content (AvgIpc) is 2.44.